The molecule has 0 atom stereocenters. The monoisotopic (exact) mass is 690 g/mol. The van der Waals surface area contributed by atoms with E-state index in [1.165, 1.54) is 109 Å². The van der Waals surface area contributed by atoms with E-state index in [0.717, 1.165) is 0 Å². The lowest BCUT2D eigenvalue weighted by atomic mass is 9.92. The van der Waals surface area contributed by atoms with Crippen LogP contribution in [0.3, 0.4) is 0 Å². The second-order valence-corrected chi connectivity index (χ2v) is 15.2. The van der Waals surface area contributed by atoms with E-state index in [4.69, 9.17) is 0 Å². The Labute approximate surface area is 310 Å². The summed E-state index contributed by atoms with van der Waals surface area (Å²) >= 11 is 1.90. The summed E-state index contributed by atoms with van der Waals surface area (Å²) in [6.45, 7) is 0. The first-order chi connectivity index (χ1) is 26.3. The van der Waals surface area contributed by atoms with Crippen molar-refractivity contribution in [3.05, 3.63) is 182 Å². The Morgan fingerprint density at radius 2 is 1.00 bits per heavy atom. The van der Waals surface area contributed by atoms with Gasteiger partial charge in [-0.3, -0.25) is 0 Å². The van der Waals surface area contributed by atoms with Gasteiger partial charge in [0.1, 0.15) is 0 Å². The Kier molecular flexibility index (Phi) is 6.02. The van der Waals surface area contributed by atoms with E-state index in [0.29, 0.717) is 0 Å². The lowest BCUT2D eigenvalue weighted by Gasteiger charge is -2.22. The number of fused-ring (bicyclic) bond motifs is 10. The highest BCUT2D eigenvalue weighted by atomic mass is 32.2. The zero-order chi connectivity index (χ0) is 34.6. The minimum Gasteiger partial charge on any atom is -0.309 e. The summed E-state index contributed by atoms with van der Waals surface area (Å²) in [4.78, 5) is 2.61. The fraction of sp³-hybridized carbons (Fsp3) is 0. The standard InChI is InChI=1S/C50H30N2S/c1-2-14-34(15-3-1)51-44-22-9-7-18-38(44)49-39-20-11-19-37-41-29-33(25-27-47(41)53-48(50(37)39)30-46(49)51)32-24-26-45-40(28-32)36-17-6-8-21-43(36)52(45)42-23-10-13-31-12-4-5-16-35(31)42/h1-30H. The maximum atomic E-state index is 2.44. The number of para-hydroxylation sites is 3. The van der Waals surface area contributed by atoms with Gasteiger partial charge in [0.25, 0.3) is 0 Å². The second-order valence-electron chi connectivity index (χ2n) is 14.1. The van der Waals surface area contributed by atoms with Gasteiger partial charge in [-0.05, 0) is 93.7 Å². The Balaban J connectivity index is 1.05. The summed E-state index contributed by atoms with van der Waals surface area (Å²) < 4.78 is 4.87. The molecule has 12 rings (SSSR count). The normalized spacial score (nSPS) is 12.5. The molecular formula is C50H30N2S. The Morgan fingerprint density at radius 3 is 1.89 bits per heavy atom. The molecule has 53 heavy (non-hydrogen) atoms. The lowest BCUT2D eigenvalue weighted by molar-refractivity contribution is 1.18. The van der Waals surface area contributed by atoms with E-state index in [1.807, 2.05) is 11.8 Å². The SMILES string of the molecule is c1ccc(-n2c3ccccc3c3c4cccc5c4c(cc32)Sc2ccc(-c3ccc4c(c3)c3ccccc3n4-c3cccc4ccccc34)cc2-5)cc1. The van der Waals surface area contributed by atoms with Gasteiger partial charge in [-0.1, -0.05) is 133 Å². The van der Waals surface area contributed by atoms with Crippen molar-refractivity contribution in [2.45, 2.75) is 9.79 Å². The molecule has 11 aromatic rings. The maximum absolute atomic E-state index is 2.44. The smallest absolute Gasteiger partial charge is 0.0558 e. The zero-order valence-corrected chi connectivity index (χ0v) is 29.4. The first-order valence-electron chi connectivity index (χ1n) is 18.2. The second kappa shape index (κ2) is 11.0. The van der Waals surface area contributed by atoms with Crippen molar-refractivity contribution in [1.82, 2.24) is 9.13 Å². The Morgan fingerprint density at radius 1 is 0.340 bits per heavy atom. The molecule has 3 heteroatoms. The van der Waals surface area contributed by atoms with Crippen LogP contribution in [0.1, 0.15) is 0 Å². The summed E-state index contributed by atoms with van der Waals surface area (Å²) in [7, 11) is 0. The maximum Gasteiger partial charge on any atom is 0.0558 e. The third kappa shape index (κ3) is 4.11. The van der Waals surface area contributed by atoms with Crippen LogP contribution in [0.4, 0.5) is 0 Å². The quantitative estimate of drug-likeness (QED) is 0.179. The summed E-state index contributed by atoms with van der Waals surface area (Å²) in [5, 5.41) is 10.3. The van der Waals surface area contributed by atoms with Crippen molar-refractivity contribution in [2.75, 3.05) is 0 Å². The van der Waals surface area contributed by atoms with Crippen molar-refractivity contribution in [2.24, 2.45) is 0 Å². The van der Waals surface area contributed by atoms with E-state index in [-0.39, 0.29) is 0 Å². The first kappa shape index (κ1) is 29.1. The fourth-order valence-electron chi connectivity index (χ4n) is 9.00. The number of hydrogen-bond donors (Lipinski definition) is 0. The number of aromatic nitrogens is 2. The van der Waals surface area contributed by atoms with E-state index in [9.17, 15) is 0 Å². The molecule has 2 aromatic heterocycles. The van der Waals surface area contributed by atoms with Gasteiger partial charge in [0, 0.05) is 47.8 Å². The predicted molar refractivity (Wildman–Crippen MR) is 225 cm³/mol. The van der Waals surface area contributed by atoms with Crippen LogP contribution in [0, 0.1) is 0 Å². The molecule has 0 saturated carbocycles. The van der Waals surface area contributed by atoms with Crippen LogP contribution in [0.15, 0.2) is 192 Å². The van der Waals surface area contributed by atoms with E-state index >= 15 is 0 Å². The molecule has 0 bridgehead atoms. The van der Waals surface area contributed by atoms with Gasteiger partial charge in [-0.15, -0.1) is 0 Å². The van der Waals surface area contributed by atoms with Gasteiger partial charge in [0.05, 0.1) is 27.8 Å². The van der Waals surface area contributed by atoms with Crippen LogP contribution in [0.5, 0.6) is 0 Å². The number of hydrogen-bond acceptors (Lipinski definition) is 1. The van der Waals surface area contributed by atoms with E-state index in [2.05, 4.69) is 191 Å². The number of nitrogens with zero attached hydrogens (tertiary/aromatic N) is 2. The number of benzene rings is 9. The molecule has 0 unspecified atom stereocenters. The van der Waals surface area contributed by atoms with Crippen LogP contribution in [0.2, 0.25) is 0 Å². The Hall–Kier alpha value is -6.55. The summed E-state index contributed by atoms with van der Waals surface area (Å²) in [5.74, 6) is 0. The molecule has 0 amide bonds. The van der Waals surface area contributed by atoms with Gasteiger partial charge in [-0.25, -0.2) is 0 Å². The third-order valence-corrected chi connectivity index (χ3v) is 12.4. The van der Waals surface area contributed by atoms with Gasteiger partial charge in [0.15, 0.2) is 0 Å². The summed E-state index contributed by atoms with van der Waals surface area (Å²) in [6.07, 6.45) is 0. The molecule has 246 valence electrons. The molecule has 0 radical (unpaired) electrons. The molecule has 0 fully saturated rings. The minimum atomic E-state index is 1.18. The molecule has 0 aliphatic carbocycles. The fourth-order valence-corrected chi connectivity index (χ4v) is 10.1. The highest BCUT2D eigenvalue weighted by Gasteiger charge is 2.24. The van der Waals surface area contributed by atoms with Crippen molar-refractivity contribution in [3.8, 4) is 33.6 Å². The molecule has 9 aromatic carbocycles. The molecule has 0 saturated heterocycles. The zero-order valence-electron chi connectivity index (χ0n) is 28.6. The molecular weight excluding hydrogens is 661 g/mol. The Bertz CT molecular complexity index is 3310. The van der Waals surface area contributed by atoms with E-state index < -0.39 is 0 Å². The van der Waals surface area contributed by atoms with Gasteiger partial charge in [0.2, 0.25) is 0 Å². The summed E-state index contributed by atoms with van der Waals surface area (Å²) in [6, 6.07) is 67.1. The highest BCUT2D eigenvalue weighted by Crippen LogP contribution is 2.52. The van der Waals surface area contributed by atoms with Crippen LogP contribution in [-0.2, 0) is 0 Å². The largest absolute Gasteiger partial charge is 0.309 e. The van der Waals surface area contributed by atoms with Crippen LogP contribution in [-0.4, -0.2) is 9.13 Å². The van der Waals surface area contributed by atoms with E-state index in [1.54, 1.807) is 0 Å². The predicted octanol–water partition coefficient (Wildman–Crippen LogP) is 14.0. The average molecular weight is 691 g/mol. The first-order valence-corrected chi connectivity index (χ1v) is 19.0. The molecule has 0 spiro atoms. The van der Waals surface area contributed by atoms with Gasteiger partial charge in [-0.2, -0.15) is 0 Å². The minimum absolute atomic E-state index is 1.18. The lowest BCUT2D eigenvalue weighted by Crippen LogP contribution is -1.97. The topological polar surface area (TPSA) is 9.86 Å². The van der Waals surface area contributed by atoms with Crippen molar-refractivity contribution in [1.29, 1.82) is 0 Å². The van der Waals surface area contributed by atoms with Crippen LogP contribution < -0.4 is 0 Å². The molecule has 0 N–H and O–H groups in total. The molecule has 1 aliphatic heterocycles. The highest BCUT2D eigenvalue weighted by molar-refractivity contribution is 7.99. The van der Waals surface area contributed by atoms with Gasteiger partial charge < -0.3 is 9.13 Å². The number of rotatable bonds is 3. The molecule has 2 nitrogen and oxygen atoms in total. The third-order valence-electron chi connectivity index (χ3n) is 11.3. The summed E-state index contributed by atoms with van der Waals surface area (Å²) in [5.41, 5.74) is 12.4. The van der Waals surface area contributed by atoms with Gasteiger partial charge >= 0.3 is 0 Å². The molecule has 1 aliphatic rings. The van der Waals surface area contributed by atoms with Crippen molar-refractivity contribution < 1.29 is 0 Å². The molecule has 3 heterocycles. The van der Waals surface area contributed by atoms with Crippen LogP contribution in [0.25, 0.3) is 98.8 Å². The van der Waals surface area contributed by atoms with Crippen molar-refractivity contribution >= 4 is 76.9 Å². The van der Waals surface area contributed by atoms with Crippen LogP contribution >= 0.6 is 11.8 Å². The van der Waals surface area contributed by atoms with Crippen molar-refractivity contribution in [3.63, 3.8) is 0 Å². The average Bonchev–Trinajstić information content (AvgIpc) is 3.73.